The Morgan fingerprint density at radius 3 is 2.71 bits per heavy atom. The van der Waals surface area contributed by atoms with Gasteiger partial charge in [0.1, 0.15) is 0 Å². The molecule has 0 bridgehead atoms. The van der Waals surface area contributed by atoms with Crippen molar-refractivity contribution in [1.82, 2.24) is 10.2 Å². The van der Waals surface area contributed by atoms with Gasteiger partial charge in [0, 0.05) is 5.69 Å². The molecule has 1 heterocycles. The number of aromatic nitrogens is 2. The average Bonchev–Trinajstić information content (AvgIpc) is 3.06. The van der Waals surface area contributed by atoms with Gasteiger partial charge in [-0.25, -0.2) is 0 Å². The van der Waals surface area contributed by atoms with Gasteiger partial charge in [0.2, 0.25) is 0 Å². The van der Waals surface area contributed by atoms with Gasteiger partial charge in [0.15, 0.2) is 0 Å². The van der Waals surface area contributed by atoms with Crippen LogP contribution >= 0.6 is 0 Å². The Morgan fingerprint density at radius 1 is 1.08 bits per heavy atom. The van der Waals surface area contributed by atoms with Crippen LogP contribution in [0.5, 0.6) is 0 Å². The zero-order valence-electron chi connectivity index (χ0n) is 15.4. The first-order valence-corrected chi connectivity index (χ1v) is 10.1. The van der Waals surface area contributed by atoms with E-state index in [1.165, 1.54) is 56.2 Å². The minimum Gasteiger partial charge on any atom is -0.390 e. The Labute approximate surface area is 145 Å². The number of aliphatic hydroxyl groups is 1. The molecule has 1 unspecified atom stereocenters. The maximum atomic E-state index is 11.0. The molecule has 2 N–H and O–H groups in total. The number of hydrogen-bond acceptors (Lipinski definition) is 2. The summed E-state index contributed by atoms with van der Waals surface area (Å²) >= 11 is 0. The zero-order chi connectivity index (χ0) is 16.7. The number of aromatic amines is 1. The minimum atomic E-state index is -0.454. The summed E-state index contributed by atoms with van der Waals surface area (Å²) in [6.45, 7) is 7.09. The molecule has 24 heavy (non-hydrogen) atoms. The molecule has 0 amide bonds. The lowest BCUT2D eigenvalue weighted by atomic mass is 9.44. The van der Waals surface area contributed by atoms with Crippen molar-refractivity contribution in [2.75, 3.05) is 0 Å². The van der Waals surface area contributed by atoms with Gasteiger partial charge in [0.05, 0.1) is 11.8 Å². The minimum absolute atomic E-state index is 0.146. The van der Waals surface area contributed by atoms with Crippen LogP contribution in [0.4, 0.5) is 0 Å². The van der Waals surface area contributed by atoms with E-state index in [9.17, 15) is 5.11 Å². The van der Waals surface area contributed by atoms with E-state index in [2.05, 4.69) is 37.2 Å². The van der Waals surface area contributed by atoms with Crippen molar-refractivity contribution in [3.05, 3.63) is 17.5 Å². The smallest absolute Gasteiger partial charge is 0.0675 e. The van der Waals surface area contributed by atoms with Gasteiger partial charge in [-0.2, -0.15) is 5.10 Å². The van der Waals surface area contributed by atoms with Crippen molar-refractivity contribution in [3.63, 3.8) is 0 Å². The van der Waals surface area contributed by atoms with Gasteiger partial charge in [0.25, 0.3) is 0 Å². The number of H-pyrrole nitrogens is 1. The Kier molecular flexibility index (Phi) is 3.00. The number of nitrogens with one attached hydrogen (secondary N) is 1. The molecule has 7 atom stereocenters. The molecule has 0 radical (unpaired) electrons. The molecular formula is C21H32N2O. The molecule has 0 aromatic carbocycles. The fourth-order valence-corrected chi connectivity index (χ4v) is 7.71. The highest BCUT2D eigenvalue weighted by Crippen LogP contribution is 2.67. The SMILES string of the molecule is C[C@]12Cc3cn[nH]c3CC1CC[C@@H]1[C@@H]2CC[C@@]2(C)[C@H]1CC[C@]2(C)O. The summed E-state index contributed by atoms with van der Waals surface area (Å²) in [5.41, 5.74) is 3.01. The van der Waals surface area contributed by atoms with Gasteiger partial charge in [-0.15, -0.1) is 0 Å². The van der Waals surface area contributed by atoms with E-state index >= 15 is 0 Å². The highest BCUT2D eigenvalue weighted by Gasteiger charge is 2.63. The van der Waals surface area contributed by atoms with E-state index in [-0.39, 0.29) is 5.41 Å². The van der Waals surface area contributed by atoms with Crippen LogP contribution in [0.3, 0.4) is 0 Å². The zero-order valence-corrected chi connectivity index (χ0v) is 15.4. The van der Waals surface area contributed by atoms with Gasteiger partial charge < -0.3 is 5.11 Å². The Hall–Kier alpha value is -0.830. The van der Waals surface area contributed by atoms with Crippen molar-refractivity contribution in [2.45, 2.75) is 77.7 Å². The maximum Gasteiger partial charge on any atom is 0.0675 e. The van der Waals surface area contributed by atoms with Gasteiger partial charge in [-0.05, 0) is 98.4 Å². The second kappa shape index (κ2) is 4.66. The molecule has 4 aliphatic carbocycles. The van der Waals surface area contributed by atoms with E-state index in [0.717, 1.165) is 30.1 Å². The van der Waals surface area contributed by atoms with Crippen molar-refractivity contribution >= 4 is 0 Å². The third-order valence-electron chi connectivity index (χ3n) is 9.46. The van der Waals surface area contributed by atoms with Crippen molar-refractivity contribution in [3.8, 4) is 0 Å². The number of nitrogens with zero attached hydrogens (tertiary/aromatic N) is 1. The van der Waals surface area contributed by atoms with Crippen LogP contribution in [0.2, 0.25) is 0 Å². The quantitative estimate of drug-likeness (QED) is 0.752. The number of hydrogen-bond donors (Lipinski definition) is 2. The van der Waals surface area contributed by atoms with E-state index in [1.807, 2.05) is 0 Å². The number of rotatable bonds is 0. The average molecular weight is 329 g/mol. The highest BCUT2D eigenvalue weighted by atomic mass is 16.3. The van der Waals surface area contributed by atoms with Crippen molar-refractivity contribution < 1.29 is 5.11 Å². The summed E-state index contributed by atoms with van der Waals surface area (Å²) in [6, 6.07) is 0. The second-order valence-corrected chi connectivity index (χ2v) is 10.2. The molecule has 3 saturated carbocycles. The first-order valence-electron chi connectivity index (χ1n) is 10.1. The first-order chi connectivity index (χ1) is 11.4. The van der Waals surface area contributed by atoms with Crippen LogP contribution in [0, 0.1) is 34.5 Å². The molecule has 3 heteroatoms. The van der Waals surface area contributed by atoms with Crippen molar-refractivity contribution in [2.24, 2.45) is 34.5 Å². The molecular weight excluding hydrogens is 296 g/mol. The maximum absolute atomic E-state index is 11.0. The van der Waals surface area contributed by atoms with Crippen LogP contribution < -0.4 is 0 Å². The fraction of sp³-hybridized carbons (Fsp3) is 0.857. The summed E-state index contributed by atoms with van der Waals surface area (Å²) < 4.78 is 0. The predicted octanol–water partition coefficient (Wildman–Crippen LogP) is 4.12. The molecule has 1 aromatic heterocycles. The predicted molar refractivity (Wildman–Crippen MR) is 94.5 cm³/mol. The van der Waals surface area contributed by atoms with Crippen LogP contribution in [-0.4, -0.2) is 20.9 Å². The Morgan fingerprint density at radius 2 is 1.88 bits per heavy atom. The van der Waals surface area contributed by atoms with E-state index in [0.29, 0.717) is 5.41 Å². The fourth-order valence-electron chi connectivity index (χ4n) is 7.71. The van der Waals surface area contributed by atoms with E-state index in [4.69, 9.17) is 0 Å². The lowest BCUT2D eigenvalue weighted by Gasteiger charge is -2.60. The summed E-state index contributed by atoms with van der Waals surface area (Å²) in [4.78, 5) is 0. The second-order valence-electron chi connectivity index (χ2n) is 10.2. The first kappa shape index (κ1) is 15.4. The summed E-state index contributed by atoms with van der Waals surface area (Å²) in [5, 5.41) is 18.6. The molecule has 132 valence electrons. The number of fused-ring (bicyclic) bond motifs is 6. The normalized spacial score (nSPS) is 53.0. The largest absolute Gasteiger partial charge is 0.390 e. The van der Waals surface area contributed by atoms with Gasteiger partial charge >= 0.3 is 0 Å². The Balaban J connectivity index is 1.50. The molecule has 3 nitrogen and oxygen atoms in total. The molecule has 1 aromatic rings. The third-order valence-corrected chi connectivity index (χ3v) is 9.46. The molecule has 4 aliphatic rings. The Bertz CT molecular complexity index is 665. The van der Waals surface area contributed by atoms with Crippen molar-refractivity contribution in [1.29, 1.82) is 0 Å². The van der Waals surface area contributed by atoms with Gasteiger partial charge in [-0.1, -0.05) is 13.8 Å². The van der Waals surface area contributed by atoms with Gasteiger partial charge in [-0.3, -0.25) is 5.10 Å². The van der Waals surface area contributed by atoms with Crippen LogP contribution in [0.25, 0.3) is 0 Å². The standard InChI is InChI=1S/C21H32N2O/c1-19-11-13-12-22-23-18(13)10-14(19)4-5-15-16(19)6-8-20(2)17(15)7-9-21(20,3)24/h12,14-17,24H,4-11H2,1-3H3,(H,22,23)/t14?,15-,16+,17+,19+,20+,21+/m1/s1. The van der Waals surface area contributed by atoms with E-state index in [1.54, 1.807) is 0 Å². The summed E-state index contributed by atoms with van der Waals surface area (Å²) in [5.74, 6) is 3.21. The van der Waals surface area contributed by atoms with Crippen LogP contribution in [-0.2, 0) is 12.8 Å². The topological polar surface area (TPSA) is 48.9 Å². The van der Waals surface area contributed by atoms with E-state index < -0.39 is 5.60 Å². The molecule has 0 spiro atoms. The lowest BCUT2D eigenvalue weighted by Crippen LogP contribution is -2.56. The molecule has 0 aliphatic heterocycles. The molecule has 0 saturated heterocycles. The lowest BCUT2D eigenvalue weighted by molar-refractivity contribution is -0.139. The van der Waals surface area contributed by atoms with Crippen LogP contribution in [0.1, 0.15) is 70.6 Å². The highest BCUT2D eigenvalue weighted by molar-refractivity contribution is 5.26. The monoisotopic (exact) mass is 328 g/mol. The summed E-state index contributed by atoms with van der Waals surface area (Å²) in [7, 11) is 0. The third kappa shape index (κ3) is 1.75. The molecule has 5 rings (SSSR count). The summed E-state index contributed by atoms with van der Waals surface area (Å²) in [6.07, 6.45) is 12.0. The molecule has 3 fully saturated rings. The van der Waals surface area contributed by atoms with Crippen LogP contribution in [0.15, 0.2) is 6.20 Å².